The minimum Gasteiger partial charge on any atom is -0.497 e. The molecule has 1 aromatic carbocycles. The van der Waals surface area contributed by atoms with Crippen LogP contribution in [0, 0.1) is 6.92 Å². The number of hydrogen-bond donors (Lipinski definition) is 2. The summed E-state index contributed by atoms with van der Waals surface area (Å²) in [5, 5.41) is 6.03. The summed E-state index contributed by atoms with van der Waals surface area (Å²) < 4.78 is 9.68. The summed E-state index contributed by atoms with van der Waals surface area (Å²) in [6, 6.07) is 5.43. The quantitative estimate of drug-likeness (QED) is 0.624. The van der Waals surface area contributed by atoms with E-state index in [-0.39, 0.29) is 17.6 Å². The number of amides is 1. The maximum absolute atomic E-state index is 11.8. The summed E-state index contributed by atoms with van der Waals surface area (Å²) in [5.41, 5.74) is 1.45. The SMILES string of the molecule is COC(=O)/C=C1/N/C(=N\c2nc(C)c3cc(OC)ccc3n2)NC1=O. The standard InChI is InChI=1S/C16H15N5O4/c1-8-10-6-9(24-2)4-5-11(10)18-15(17-8)21-16-19-12(14(23)20-16)7-13(22)25-3/h4-7H,1-3H3,(H2,17,18,19,20,21,23)/b12-7+. The molecule has 9 nitrogen and oxygen atoms in total. The first-order valence-electron chi connectivity index (χ1n) is 7.29. The lowest BCUT2D eigenvalue weighted by Gasteiger charge is -2.05. The first-order valence-corrected chi connectivity index (χ1v) is 7.29. The topological polar surface area (TPSA) is 115 Å². The Morgan fingerprint density at radius 1 is 1.24 bits per heavy atom. The number of esters is 1. The summed E-state index contributed by atoms with van der Waals surface area (Å²) in [6.45, 7) is 1.83. The third-order valence-electron chi connectivity index (χ3n) is 3.49. The molecule has 1 aromatic heterocycles. The Hall–Kier alpha value is -3.49. The van der Waals surface area contributed by atoms with E-state index in [1.54, 1.807) is 19.2 Å². The number of aromatic nitrogens is 2. The van der Waals surface area contributed by atoms with Crippen molar-refractivity contribution >= 4 is 34.7 Å². The van der Waals surface area contributed by atoms with E-state index in [2.05, 4.69) is 30.3 Å². The molecule has 0 unspecified atom stereocenters. The van der Waals surface area contributed by atoms with Crippen molar-refractivity contribution in [3.63, 3.8) is 0 Å². The lowest BCUT2D eigenvalue weighted by atomic mass is 10.2. The molecule has 0 aliphatic carbocycles. The Balaban J connectivity index is 1.93. The second kappa shape index (κ2) is 6.56. The van der Waals surface area contributed by atoms with Gasteiger partial charge in [0.25, 0.3) is 11.9 Å². The maximum atomic E-state index is 11.8. The van der Waals surface area contributed by atoms with Crippen molar-refractivity contribution in [1.29, 1.82) is 0 Å². The zero-order valence-corrected chi connectivity index (χ0v) is 13.8. The molecule has 1 aliphatic heterocycles. The number of methoxy groups -OCH3 is 2. The Morgan fingerprint density at radius 3 is 2.76 bits per heavy atom. The van der Waals surface area contributed by atoms with Gasteiger partial charge in [0.1, 0.15) is 11.4 Å². The molecule has 25 heavy (non-hydrogen) atoms. The molecule has 0 atom stereocenters. The predicted molar refractivity (Wildman–Crippen MR) is 89.3 cm³/mol. The number of nitrogens with one attached hydrogen (secondary N) is 2. The zero-order valence-electron chi connectivity index (χ0n) is 13.8. The van der Waals surface area contributed by atoms with E-state index in [1.807, 2.05) is 13.0 Å². The Morgan fingerprint density at radius 2 is 2.04 bits per heavy atom. The van der Waals surface area contributed by atoms with Crippen LogP contribution < -0.4 is 15.4 Å². The fourth-order valence-corrected chi connectivity index (χ4v) is 2.25. The second-order valence-corrected chi connectivity index (χ2v) is 5.11. The van der Waals surface area contributed by atoms with Crippen LogP contribution in [0.2, 0.25) is 0 Å². The number of aryl methyl sites for hydroxylation is 1. The number of benzene rings is 1. The Kier molecular flexibility index (Phi) is 4.29. The fraction of sp³-hybridized carbons (Fsp3) is 0.188. The highest BCUT2D eigenvalue weighted by molar-refractivity contribution is 6.15. The van der Waals surface area contributed by atoms with Crippen molar-refractivity contribution < 1.29 is 19.1 Å². The minimum absolute atomic E-state index is 0.0350. The van der Waals surface area contributed by atoms with E-state index in [0.717, 1.165) is 17.2 Å². The Bertz CT molecular complexity index is 936. The lowest BCUT2D eigenvalue weighted by molar-refractivity contribution is -0.135. The molecule has 0 spiro atoms. The molecule has 3 rings (SSSR count). The average Bonchev–Trinajstić information content (AvgIpc) is 2.93. The predicted octanol–water partition coefficient (Wildman–Crippen LogP) is 0.711. The Labute approximate surface area is 142 Å². The third kappa shape index (κ3) is 3.39. The van der Waals surface area contributed by atoms with Gasteiger partial charge in [0.05, 0.1) is 31.5 Å². The van der Waals surface area contributed by atoms with Crippen molar-refractivity contribution in [2.45, 2.75) is 6.92 Å². The van der Waals surface area contributed by atoms with E-state index in [4.69, 9.17) is 4.74 Å². The van der Waals surface area contributed by atoms with Crippen LogP contribution in [0.4, 0.5) is 5.95 Å². The molecule has 9 heteroatoms. The van der Waals surface area contributed by atoms with Crippen molar-refractivity contribution in [3.05, 3.63) is 35.7 Å². The van der Waals surface area contributed by atoms with Crippen LogP contribution in [0.3, 0.4) is 0 Å². The average molecular weight is 341 g/mol. The van der Waals surface area contributed by atoms with Crippen molar-refractivity contribution in [2.75, 3.05) is 14.2 Å². The van der Waals surface area contributed by atoms with Gasteiger partial charge in [-0.05, 0) is 25.1 Å². The lowest BCUT2D eigenvalue weighted by Crippen LogP contribution is -2.24. The number of ether oxygens (including phenoxy) is 2. The number of carbonyl (C=O) groups excluding carboxylic acids is 2. The first kappa shape index (κ1) is 16.4. The number of rotatable bonds is 3. The van der Waals surface area contributed by atoms with Gasteiger partial charge in [-0.25, -0.2) is 14.8 Å². The van der Waals surface area contributed by atoms with Crippen LogP contribution in [-0.2, 0) is 14.3 Å². The largest absolute Gasteiger partial charge is 0.497 e. The summed E-state index contributed by atoms with van der Waals surface area (Å²) in [7, 11) is 2.81. The van der Waals surface area contributed by atoms with E-state index >= 15 is 0 Å². The van der Waals surface area contributed by atoms with E-state index < -0.39 is 11.9 Å². The highest BCUT2D eigenvalue weighted by atomic mass is 16.5. The smallest absolute Gasteiger partial charge is 0.332 e. The number of guanidine groups is 1. The van der Waals surface area contributed by atoms with Gasteiger partial charge < -0.3 is 14.8 Å². The van der Waals surface area contributed by atoms with Crippen LogP contribution in [0.5, 0.6) is 5.75 Å². The number of hydrogen-bond acceptors (Lipinski definition) is 7. The molecule has 1 fully saturated rings. The van der Waals surface area contributed by atoms with Gasteiger partial charge >= 0.3 is 5.97 Å². The number of carbonyl (C=O) groups is 2. The van der Waals surface area contributed by atoms with Gasteiger partial charge in [-0.2, -0.15) is 4.99 Å². The van der Waals surface area contributed by atoms with Gasteiger partial charge in [-0.3, -0.25) is 10.1 Å². The summed E-state index contributed by atoms with van der Waals surface area (Å²) in [4.78, 5) is 35.8. The zero-order chi connectivity index (χ0) is 18.0. The molecular formula is C16H15N5O4. The molecule has 1 saturated heterocycles. The molecule has 0 radical (unpaired) electrons. The summed E-state index contributed by atoms with van der Waals surface area (Å²) >= 11 is 0. The van der Waals surface area contributed by atoms with Gasteiger partial charge in [0.15, 0.2) is 0 Å². The molecule has 1 aliphatic rings. The highest BCUT2D eigenvalue weighted by Gasteiger charge is 2.23. The van der Waals surface area contributed by atoms with Crippen molar-refractivity contribution in [3.8, 4) is 5.75 Å². The molecule has 0 saturated carbocycles. The van der Waals surface area contributed by atoms with E-state index in [0.29, 0.717) is 11.3 Å². The fourth-order valence-electron chi connectivity index (χ4n) is 2.25. The van der Waals surface area contributed by atoms with Crippen molar-refractivity contribution in [2.24, 2.45) is 4.99 Å². The number of nitrogens with zero attached hydrogens (tertiary/aromatic N) is 3. The summed E-state index contributed by atoms with van der Waals surface area (Å²) in [5.74, 6) is -0.123. The molecule has 0 bridgehead atoms. The second-order valence-electron chi connectivity index (χ2n) is 5.11. The van der Waals surface area contributed by atoms with Crippen molar-refractivity contribution in [1.82, 2.24) is 20.6 Å². The van der Waals surface area contributed by atoms with Gasteiger partial charge in [-0.1, -0.05) is 0 Å². The first-order chi connectivity index (χ1) is 12.0. The molecule has 2 heterocycles. The van der Waals surface area contributed by atoms with Gasteiger partial charge in [-0.15, -0.1) is 0 Å². The molecular weight excluding hydrogens is 326 g/mol. The van der Waals surface area contributed by atoms with Crippen LogP contribution in [0.25, 0.3) is 10.9 Å². The van der Waals surface area contributed by atoms with Crippen LogP contribution >= 0.6 is 0 Å². The maximum Gasteiger partial charge on any atom is 0.332 e. The van der Waals surface area contributed by atoms with Crippen LogP contribution in [0.1, 0.15) is 5.69 Å². The normalized spacial score (nSPS) is 16.8. The van der Waals surface area contributed by atoms with Crippen LogP contribution in [0.15, 0.2) is 35.0 Å². The van der Waals surface area contributed by atoms with E-state index in [1.165, 1.54) is 7.11 Å². The minimum atomic E-state index is -0.648. The molecule has 1 amide bonds. The van der Waals surface area contributed by atoms with Crippen LogP contribution in [-0.4, -0.2) is 42.0 Å². The van der Waals surface area contributed by atoms with Gasteiger partial charge in [0, 0.05) is 5.39 Å². The highest BCUT2D eigenvalue weighted by Crippen LogP contribution is 2.23. The monoisotopic (exact) mass is 341 g/mol. The molecule has 2 aromatic rings. The van der Waals surface area contributed by atoms with Gasteiger partial charge in [0.2, 0.25) is 5.96 Å². The molecule has 2 N–H and O–H groups in total. The number of aliphatic imine (C=N–C) groups is 1. The third-order valence-corrected chi connectivity index (χ3v) is 3.49. The summed E-state index contributed by atoms with van der Waals surface area (Å²) in [6.07, 6.45) is 1.04. The molecule has 128 valence electrons. The van der Waals surface area contributed by atoms with E-state index in [9.17, 15) is 9.59 Å². The number of fused-ring (bicyclic) bond motifs is 1.